The van der Waals surface area contributed by atoms with E-state index >= 15 is 0 Å². The molecule has 1 aromatic carbocycles. The van der Waals surface area contributed by atoms with Crippen LogP contribution in [0.15, 0.2) is 24.3 Å². The number of carbonyl (C=O) groups excluding carboxylic acids is 1. The van der Waals surface area contributed by atoms with Gasteiger partial charge in [0.2, 0.25) is 5.91 Å². The van der Waals surface area contributed by atoms with Crippen LogP contribution in [-0.4, -0.2) is 23.4 Å². The third-order valence-corrected chi connectivity index (χ3v) is 3.96. The average molecular weight is 274 g/mol. The van der Waals surface area contributed by atoms with Crippen molar-refractivity contribution in [2.75, 3.05) is 6.54 Å². The maximum atomic E-state index is 12.5. The number of unbranched alkanes of at least 4 members (excludes halogenated alkanes) is 1. The fourth-order valence-corrected chi connectivity index (χ4v) is 2.80. The first-order chi connectivity index (χ1) is 9.67. The average Bonchev–Trinajstić information content (AvgIpc) is 2.75. The quantitative estimate of drug-likeness (QED) is 0.862. The van der Waals surface area contributed by atoms with Crippen molar-refractivity contribution in [1.29, 1.82) is 0 Å². The van der Waals surface area contributed by atoms with E-state index in [0.29, 0.717) is 0 Å². The van der Waals surface area contributed by atoms with Crippen LogP contribution in [0.2, 0.25) is 0 Å². The van der Waals surface area contributed by atoms with E-state index in [1.54, 1.807) is 0 Å². The summed E-state index contributed by atoms with van der Waals surface area (Å²) in [6.07, 6.45) is 4.22. The number of hydrogen-bond donors (Lipinski definition) is 1. The fourth-order valence-electron chi connectivity index (χ4n) is 2.80. The molecule has 0 saturated carbocycles. The molecule has 2 rings (SSSR count). The Labute approximate surface area is 122 Å². The molecule has 1 aromatic rings. The Kier molecular flexibility index (Phi) is 5.18. The molecule has 1 heterocycles. The maximum absolute atomic E-state index is 12.5. The molecule has 1 aliphatic heterocycles. The highest BCUT2D eigenvalue weighted by Crippen LogP contribution is 2.27. The third kappa shape index (κ3) is 3.21. The number of benzene rings is 1. The minimum Gasteiger partial charge on any atom is -0.322 e. The standard InChI is InChI=1S/C17H26N2O/c1-4-6-7-15-17(20)19(12-5-2)16(18-15)14-10-8-13(3)9-11-14/h8-11,15-16,18H,4-7,12H2,1-3H3. The molecule has 0 aromatic heterocycles. The largest absolute Gasteiger partial charge is 0.322 e. The van der Waals surface area contributed by atoms with Crippen LogP contribution in [0.1, 0.15) is 56.8 Å². The van der Waals surface area contributed by atoms with Crippen LogP contribution in [-0.2, 0) is 4.79 Å². The number of aryl methyl sites for hydroxylation is 1. The number of amides is 1. The van der Waals surface area contributed by atoms with Crippen molar-refractivity contribution in [2.45, 2.75) is 58.7 Å². The van der Waals surface area contributed by atoms with E-state index in [2.05, 4.69) is 50.4 Å². The second-order valence-electron chi connectivity index (χ2n) is 5.71. The molecule has 2 unspecified atom stereocenters. The van der Waals surface area contributed by atoms with Gasteiger partial charge in [-0.3, -0.25) is 10.1 Å². The van der Waals surface area contributed by atoms with E-state index in [4.69, 9.17) is 0 Å². The van der Waals surface area contributed by atoms with Crippen molar-refractivity contribution in [1.82, 2.24) is 10.2 Å². The summed E-state index contributed by atoms with van der Waals surface area (Å²) in [5, 5.41) is 3.52. The Morgan fingerprint density at radius 3 is 2.45 bits per heavy atom. The lowest BCUT2D eigenvalue weighted by Gasteiger charge is -2.24. The van der Waals surface area contributed by atoms with Crippen LogP contribution in [0.5, 0.6) is 0 Å². The Morgan fingerprint density at radius 1 is 1.15 bits per heavy atom. The monoisotopic (exact) mass is 274 g/mol. The molecule has 1 amide bonds. The molecule has 1 aliphatic rings. The lowest BCUT2D eigenvalue weighted by molar-refractivity contribution is -0.130. The number of carbonyl (C=O) groups is 1. The zero-order chi connectivity index (χ0) is 14.5. The molecule has 20 heavy (non-hydrogen) atoms. The lowest BCUT2D eigenvalue weighted by Crippen LogP contribution is -2.31. The summed E-state index contributed by atoms with van der Waals surface area (Å²) in [4.78, 5) is 14.5. The van der Waals surface area contributed by atoms with Crippen LogP contribution in [0.4, 0.5) is 0 Å². The summed E-state index contributed by atoms with van der Waals surface area (Å²) >= 11 is 0. The van der Waals surface area contributed by atoms with Gasteiger partial charge >= 0.3 is 0 Å². The Balaban J connectivity index is 2.17. The summed E-state index contributed by atoms with van der Waals surface area (Å²) in [6, 6.07) is 8.49. The second kappa shape index (κ2) is 6.89. The minimum absolute atomic E-state index is 0.00666. The maximum Gasteiger partial charge on any atom is 0.241 e. The van der Waals surface area contributed by atoms with Gasteiger partial charge in [-0.2, -0.15) is 0 Å². The first-order valence-electron chi connectivity index (χ1n) is 7.80. The van der Waals surface area contributed by atoms with E-state index in [0.717, 1.165) is 32.2 Å². The third-order valence-electron chi connectivity index (χ3n) is 3.96. The Morgan fingerprint density at radius 2 is 1.85 bits per heavy atom. The highest BCUT2D eigenvalue weighted by Gasteiger charge is 2.38. The molecule has 3 heteroatoms. The molecule has 0 bridgehead atoms. The van der Waals surface area contributed by atoms with Gasteiger partial charge in [0.05, 0.1) is 6.04 Å². The van der Waals surface area contributed by atoms with Gasteiger partial charge in [-0.1, -0.05) is 56.5 Å². The molecule has 0 radical (unpaired) electrons. The number of rotatable bonds is 6. The van der Waals surface area contributed by atoms with Gasteiger partial charge in [-0.25, -0.2) is 0 Å². The summed E-state index contributed by atoms with van der Waals surface area (Å²) < 4.78 is 0. The Hall–Kier alpha value is -1.35. The van der Waals surface area contributed by atoms with Crippen molar-refractivity contribution >= 4 is 5.91 Å². The zero-order valence-corrected chi connectivity index (χ0v) is 12.9. The van der Waals surface area contributed by atoms with E-state index < -0.39 is 0 Å². The van der Waals surface area contributed by atoms with Crippen molar-refractivity contribution in [3.8, 4) is 0 Å². The molecule has 0 spiro atoms. The zero-order valence-electron chi connectivity index (χ0n) is 12.9. The summed E-state index contributed by atoms with van der Waals surface area (Å²) in [6.45, 7) is 7.21. The first kappa shape index (κ1) is 15.0. The molecule has 1 N–H and O–H groups in total. The Bertz CT molecular complexity index is 441. The molecule has 3 nitrogen and oxygen atoms in total. The molecule has 2 atom stereocenters. The van der Waals surface area contributed by atoms with E-state index in [1.165, 1.54) is 11.1 Å². The van der Waals surface area contributed by atoms with Gasteiger partial charge in [-0.05, 0) is 25.3 Å². The molecule has 1 fully saturated rings. The van der Waals surface area contributed by atoms with E-state index in [9.17, 15) is 4.79 Å². The summed E-state index contributed by atoms with van der Waals surface area (Å²) in [7, 11) is 0. The van der Waals surface area contributed by atoms with Crippen LogP contribution in [0.3, 0.4) is 0 Å². The molecule has 1 saturated heterocycles. The van der Waals surface area contributed by atoms with Crippen molar-refractivity contribution < 1.29 is 4.79 Å². The van der Waals surface area contributed by atoms with Crippen LogP contribution in [0, 0.1) is 6.92 Å². The second-order valence-corrected chi connectivity index (χ2v) is 5.71. The molecule has 110 valence electrons. The van der Waals surface area contributed by atoms with Gasteiger partial charge in [-0.15, -0.1) is 0 Å². The van der Waals surface area contributed by atoms with Crippen LogP contribution in [0.25, 0.3) is 0 Å². The predicted molar refractivity (Wildman–Crippen MR) is 82.4 cm³/mol. The number of nitrogens with zero attached hydrogens (tertiary/aromatic N) is 1. The predicted octanol–water partition coefficient (Wildman–Crippen LogP) is 3.39. The molecule has 0 aliphatic carbocycles. The number of nitrogens with one attached hydrogen (secondary N) is 1. The SMILES string of the molecule is CCCCC1NC(c2ccc(C)cc2)N(CCC)C1=O. The first-order valence-corrected chi connectivity index (χ1v) is 7.80. The molecular formula is C17H26N2O. The van der Waals surface area contributed by atoms with Crippen molar-refractivity contribution in [2.24, 2.45) is 0 Å². The van der Waals surface area contributed by atoms with Gasteiger partial charge in [0.1, 0.15) is 6.17 Å². The van der Waals surface area contributed by atoms with Crippen molar-refractivity contribution in [3.05, 3.63) is 35.4 Å². The topological polar surface area (TPSA) is 32.3 Å². The van der Waals surface area contributed by atoms with Crippen LogP contribution >= 0.6 is 0 Å². The smallest absolute Gasteiger partial charge is 0.241 e. The van der Waals surface area contributed by atoms with Gasteiger partial charge in [0.15, 0.2) is 0 Å². The minimum atomic E-state index is -0.00666. The normalized spacial score (nSPS) is 22.6. The number of hydrogen-bond acceptors (Lipinski definition) is 2. The highest BCUT2D eigenvalue weighted by atomic mass is 16.2. The van der Waals surface area contributed by atoms with Gasteiger partial charge in [0, 0.05) is 6.54 Å². The van der Waals surface area contributed by atoms with Crippen molar-refractivity contribution in [3.63, 3.8) is 0 Å². The summed E-state index contributed by atoms with van der Waals surface area (Å²) in [5.74, 6) is 0.269. The van der Waals surface area contributed by atoms with E-state index in [1.807, 2.05) is 4.90 Å². The fraction of sp³-hybridized carbons (Fsp3) is 0.588. The van der Waals surface area contributed by atoms with Gasteiger partial charge in [0.25, 0.3) is 0 Å². The molecular weight excluding hydrogens is 248 g/mol. The van der Waals surface area contributed by atoms with Gasteiger partial charge < -0.3 is 4.90 Å². The van der Waals surface area contributed by atoms with Crippen LogP contribution < -0.4 is 5.32 Å². The highest BCUT2D eigenvalue weighted by molar-refractivity contribution is 5.84. The van der Waals surface area contributed by atoms with E-state index in [-0.39, 0.29) is 18.1 Å². The lowest BCUT2D eigenvalue weighted by atomic mass is 10.1. The summed E-state index contributed by atoms with van der Waals surface area (Å²) in [5.41, 5.74) is 2.44.